The molecule has 4 heterocycles. The van der Waals surface area contributed by atoms with Crippen LogP contribution in [0.15, 0.2) is 65.6 Å². The number of ketones is 1. The van der Waals surface area contributed by atoms with Crippen LogP contribution in [-0.2, 0) is 4.79 Å². The minimum absolute atomic E-state index is 0. The monoisotopic (exact) mass is 612 g/mol. The van der Waals surface area contributed by atoms with Gasteiger partial charge in [-0.2, -0.15) is 6.08 Å². The molecule has 0 radical (unpaired) electrons. The molecule has 1 saturated heterocycles. The second-order valence-corrected chi connectivity index (χ2v) is 11.1. The van der Waals surface area contributed by atoms with Gasteiger partial charge in [0, 0.05) is 49.5 Å². The van der Waals surface area contributed by atoms with Gasteiger partial charge in [0.2, 0.25) is 0 Å². The number of carbonyl (C=O) groups excluding carboxylic acids is 1. The molecule has 2 bridgehead atoms. The molecule has 2 atom stereocenters. The second kappa shape index (κ2) is 16.8. The van der Waals surface area contributed by atoms with Crippen LogP contribution in [0.25, 0.3) is 16.4 Å². The topological polar surface area (TPSA) is 136 Å². The predicted octanol–water partition coefficient (Wildman–Crippen LogP) is 2.23. The van der Waals surface area contributed by atoms with Gasteiger partial charge < -0.3 is 35.4 Å². The number of hydrogen-bond donors (Lipinski definition) is 2. The van der Waals surface area contributed by atoms with Gasteiger partial charge in [-0.05, 0) is 69.0 Å². The third-order valence-corrected chi connectivity index (χ3v) is 7.99. The van der Waals surface area contributed by atoms with Gasteiger partial charge in [-0.25, -0.2) is 27.5 Å². The third-order valence-electron chi connectivity index (χ3n) is 7.99. The minimum Gasteiger partial charge on any atom is -0.577 e. The van der Waals surface area contributed by atoms with Crippen LogP contribution < -0.4 is 43.9 Å². The van der Waals surface area contributed by atoms with Crippen LogP contribution in [0.4, 0.5) is 17.3 Å². The average molecular weight is 613 g/mol. The van der Waals surface area contributed by atoms with Gasteiger partial charge in [0.15, 0.2) is 23.2 Å². The van der Waals surface area contributed by atoms with Gasteiger partial charge in [0.1, 0.15) is 17.6 Å². The van der Waals surface area contributed by atoms with E-state index in [9.17, 15) is 4.79 Å². The molecular formula is C34H37LiN8O3-2. The fourth-order valence-electron chi connectivity index (χ4n) is 5.71. The first kappa shape index (κ1) is 34.6. The molecule has 1 unspecified atom stereocenters. The summed E-state index contributed by atoms with van der Waals surface area (Å²) in [4.78, 5) is 32.3. The van der Waals surface area contributed by atoms with Crippen molar-refractivity contribution in [2.45, 2.75) is 32.6 Å². The second-order valence-electron chi connectivity index (χ2n) is 11.1. The van der Waals surface area contributed by atoms with Crippen molar-refractivity contribution in [2.75, 3.05) is 43.5 Å². The van der Waals surface area contributed by atoms with E-state index >= 15 is 0 Å². The number of ether oxygens (including phenoxy) is 2. The number of aromatic nitrogens is 3. The first-order valence-corrected chi connectivity index (χ1v) is 15.1. The molecule has 12 heteroatoms. The maximum Gasteiger partial charge on any atom is 1.00 e. The molecule has 5 rings (SSSR count). The Kier molecular flexibility index (Phi) is 12.7. The zero-order valence-electron chi connectivity index (χ0n) is 26.6. The van der Waals surface area contributed by atoms with Crippen LogP contribution in [0.1, 0.15) is 31.2 Å². The number of aryl methyl sites for hydroxylation is 1. The Balaban J connectivity index is 0.00000480. The zero-order chi connectivity index (χ0) is 31.6. The maximum atomic E-state index is 12.4. The van der Waals surface area contributed by atoms with Gasteiger partial charge in [0.05, 0.1) is 12.1 Å². The van der Waals surface area contributed by atoms with Gasteiger partial charge >= 0.3 is 18.9 Å². The first-order chi connectivity index (χ1) is 22.0. The number of fused-ring (bicyclic) bond motifs is 5. The summed E-state index contributed by atoms with van der Waals surface area (Å²) in [6, 6.07) is 7.57. The van der Waals surface area contributed by atoms with Gasteiger partial charge in [0.25, 0.3) is 0 Å². The molecule has 46 heavy (non-hydrogen) atoms. The van der Waals surface area contributed by atoms with Crippen LogP contribution in [0.2, 0.25) is 0 Å². The number of allylic oxidation sites excluding steroid dienone is 3. The fourth-order valence-corrected chi connectivity index (χ4v) is 5.71. The van der Waals surface area contributed by atoms with Crippen molar-refractivity contribution >= 4 is 46.7 Å². The largest absolute Gasteiger partial charge is 1.00 e. The van der Waals surface area contributed by atoms with Gasteiger partial charge in [-0.3, -0.25) is 11.4 Å². The van der Waals surface area contributed by atoms with Crippen LogP contribution in [0.5, 0.6) is 11.5 Å². The van der Waals surface area contributed by atoms with Gasteiger partial charge in [-0.1, -0.05) is 6.08 Å². The number of nitrogens with zero attached hydrogens (tertiary/aromatic N) is 6. The summed E-state index contributed by atoms with van der Waals surface area (Å²) in [6.07, 6.45) is 14.4. The van der Waals surface area contributed by atoms with E-state index in [-0.39, 0.29) is 24.6 Å². The number of benzene rings is 1. The standard InChI is InChI=1S/C34H37N8O3.Li/c1-4-28(13-15-37-21-35)45-30-12-10-26(17-23(30)2)40-33-32-29(38-22-39-33)18-31-34(41-32)42-16-6-7-24(25(19-42)20-44-31)9-11-27(43)8-5-14-36-3;/h1,4-5,8,10,12-13,17-18,21-22,24-25,36H,6-7,9,11,14,16,19-20H2,2-3H3,(H,38,39,40);/q-3;+1/b8-5+,28-13+;/t24?,25-;/m0./s1. The molecule has 2 N–H and O–H groups in total. The van der Waals surface area contributed by atoms with E-state index in [1.165, 1.54) is 18.5 Å². The van der Waals surface area contributed by atoms with Crippen LogP contribution in [0.3, 0.4) is 0 Å². The van der Waals surface area contributed by atoms with Gasteiger partial charge in [-0.15, -0.1) is 6.08 Å². The summed E-state index contributed by atoms with van der Waals surface area (Å²) in [5.74, 6) is 3.90. The van der Waals surface area contributed by atoms with Crippen molar-refractivity contribution in [1.82, 2.24) is 20.3 Å². The summed E-state index contributed by atoms with van der Waals surface area (Å²) < 4.78 is 12.2. The number of carbonyl (C=O) groups is 1. The van der Waals surface area contributed by atoms with Crippen molar-refractivity contribution in [3.8, 4) is 11.5 Å². The van der Waals surface area contributed by atoms with Crippen molar-refractivity contribution < 1.29 is 33.1 Å². The summed E-state index contributed by atoms with van der Waals surface area (Å²) in [7, 11) is 1.86. The summed E-state index contributed by atoms with van der Waals surface area (Å²) in [5, 5.41) is 15.1. The quantitative estimate of drug-likeness (QED) is 0.0567. The Bertz CT molecular complexity index is 1640. The Labute approximate surface area is 282 Å². The van der Waals surface area contributed by atoms with E-state index in [0.29, 0.717) is 66.1 Å². The Morgan fingerprint density at radius 2 is 2.20 bits per heavy atom. The molecule has 2 aliphatic heterocycles. The van der Waals surface area contributed by atoms with Crippen molar-refractivity contribution in [3.63, 3.8) is 0 Å². The summed E-state index contributed by atoms with van der Waals surface area (Å²) >= 11 is 0. The summed E-state index contributed by atoms with van der Waals surface area (Å²) in [6.45, 7) is 10.5. The molecule has 11 nitrogen and oxygen atoms in total. The molecule has 3 aromatic rings. The SMILES string of the molecule is [CH-]=C/C(=C\[C-]=NC=[N-])Oc1ccc(Nc2ncnc3cc4c(nc23)N2CCCC(CCC(=O)/C=C/CNC)[C@H](CO4)C2)cc1C.[Li+]. The number of anilines is 3. The molecule has 2 aromatic heterocycles. The van der Waals surface area contributed by atoms with Crippen LogP contribution in [0, 0.1) is 25.3 Å². The van der Waals surface area contributed by atoms with E-state index in [2.05, 4.69) is 36.7 Å². The molecule has 234 valence electrons. The first-order valence-electron chi connectivity index (χ1n) is 15.1. The minimum atomic E-state index is 0. The number of likely N-dealkylation sites (N-methyl/N-ethyl adjacent to an activating group) is 1. The number of rotatable bonds is 13. The molecule has 1 aromatic carbocycles. The molecule has 1 fully saturated rings. The maximum absolute atomic E-state index is 12.4. The fraction of sp³-hybridized carbons (Fsp3) is 0.353. The molecular weight excluding hydrogens is 575 g/mol. The number of nitrogens with one attached hydrogen (secondary N) is 2. The summed E-state index contributed by atoms with van der Waals surface area (Å²) in [5.41, 5.74) is 2.98. The molecule has 0 aliphatic carbocycles. The van der Waals surface area contributed by atoms with E-state index < -0.39 is 0 Å². The zero-order valence-corrected chi connectivity index (χ0v) is 26.6. The van der Waals surface area contributed by atoms with E-state index in [4.69, 9.17) is 26.4 Å². The Morgan fingerprint density at radius 1 is 1.33 bits per heavy atom. The number of pyridine rings is 1. The number of aliphatic imine (C=N–C) groups is 1. The van der Waals surface area contributed by atoms with Crippen molar-refractivity contribution in [3.05, 3.63) is 78.2 Å². The van der Waals surface area contributed by atoms with E-state index in [0.717, 1.165) is 55.2 Å². The average Bonchev–Trinajstić information content (AvgIpc) is 3.35. The van der Waals surface area contributed by atoms with Crippen LogP contribution >= 0.6 is 0 Å². The van der Waals surface area contributed by atoms with E-state index in [1.807, 2.05) is 44.3 Å². The van der Waals surface area contributed by atoms with E-state index in [1.54, 1.807) is 6.08 Å². The number of hydrogen-bond acceptors (Lipinski definition) is 9. The smallest absolute Gasteiger partial charge is 0.577 e. The molecule has 2 aliphatic rings. The Hall–Kier alpha value is -4.30. The van der Waals surface area contributed by atoms with Crippen molar-refractivity contribution in [2.24, 2.45) is 16.8 Å². The molecule has 0 spiro atoms. The molecule has 0 saturated carbocycles. The Morgan fingerprint density at radius 3 is 2.98 bits per heavy atom. The normalized spacial score (nSPS) is 17.9. The molecule has 0 amide bonds. The van der Waals surface area contributed by atoms with Crippen molar-refractivity contribution in [1.29, 1.82) is 0 Å². The van der Waals surface area contributed by atoms with Crippen LogP contribution in [-0.4, -0.2) is 66.6 Å². The third kappa shape index (κ3) is 8.69. The predicted molar refractivity (Wildman–Crippen MR) is 177 cm³/mol.